The topological polar surface area (TPSA) is 66.6 Å². The first-order valence-electron chi connectivity index (χ1n) is 4.40. The van der Waals surface area contributed by atoms with Gasteiger partial charge in [0.05, 0.1) is 0 Å². The first-order valence-corrected chi connectivity index (χ1v) is 4.40. The zero-order valence-corrected chi connectivity index (χ0v) is 8.27. The molecule has 0 heterocycles. The minimum Gasteiger partial charge on any atom is -0.465 e. The SMILES string of the molecule is CC(C)N(C(=O)O)c1cccc(N)c1. The molecular weight excluding hydrogens is 180 g/mol. The fraction of sp³-hybridized carbons (Fsp3) is 0.300. The van der Waals surface area contributed by atoms with Crippen molar-refractivity contribution in [2.75, 3.05) is 10.6 Å². The maximum absolute atomic E-state index is 10.9. The van der Waals surface area contributed by atoms with Crippen LogP contribution in [0.1, 0.15) is 13.8 Å². The predicted molar refractivity (Wildman–Crippen MR) is 56.5 cm³/mol. The summed E-state index contributed by atoms with van der Waals surface area (Å²) in [5, 5.41) is 8.97. The standard InChI is InChI=1S/C10H14N2O2/c1-7(2)12(10(13)14)9-5-3-4-8(11)6-9/h3-7H,11H2,1-2H3,(H,13,14). The molecule has 4 heteroatoms. The number of hydrogen-bond donors (Lipinski definition) is 2. The van der Waals surface area contributed by atoms with E-state index in [1.807, 2.05) is 13.8 Å². The van der Waals surface area contributed by atoms with Gasteiger partial charge in [-0.05, 0) is 32.0 Å². The Bertz CT molecular complexity index is 337. The highest BCUT2D eigenvalue weighted by molar-refractivity contribution is 5.87. The van der Waals surface area contributed by atoms with Gasteiger partial charge in [-0.15, -0.1) is 0 Å². The Kier molecular flexibility index (Phi) is 2.96. The van der Waals surface area contributed by atoms with Crippen LogP contribution in [0.3, 0.4) is 0 Å². The molecule has 4 nitrogen and oxygen atoms in total. The van der Waals surface area contributed by atoms with Crippen molar-refractivity contribution in [3.05, 3.63) is 24.3 Å². The van der Waals surface area contributed by atoms with E-state index in [9.17, 15) is 4.79 Å². The smallest absolute Gasteiger partial charge is 0.412 e. The normalized spacial score (nSPS) is 10.2. The summed E-state index contributed by atoms with van der Waals surface area (Å²) < 4.78 is 0. The first-order chi connectivity index (χ1) is 6.52. The van der Waals surface area contributed by atoms with Crippen molar-refractivity contribution >= 4 is 17.5 Å². The quantitative estimate of drug-likeness (QED) is 0.709. The molecule has 0 fully saturated rings. The Hall–Kier alpha value is -1.71. The van der Waals surface area contributed by atoms with Gasteiger partial charge in [0.2, 0.25) is 0 Å². The van der Waals surface area contributed by atoms with Crippen molar-refractivity contribution in [2.45, 2.75) is 19.9 Å². The number of hydrogen-bond acceptors (Lipinski definition) is 2. The molecule has 1 rings (SSSR count). The van der Waals surface area contributed by atoms with E-state index in [-0.39, 0.29) is 6.04 Å². The van der Waals surface area contributed by atoms with Gasteiger partial charge in [-0.1, -0.05) is 6.07 Å². The van der Waals surface area contributed by atoms with Crippen molar-refractivity contribution in [1.29, 1.82) is 0 Å². The molecule has 0 aromatic heterocycles. The number of amides is 1. The highest BCUT2D eigenvalue weighted by Gasteiger charge is 2.17. The summed E-state index contributed by atoms with van der Waals surface area (Å²) in [5.74, 6) is 0. The summed E-state index contributed by atoms with van der Waals surface area (Å²) in [4.78, 5) is 12.2. The highest BCUT2D eigenvalue weighted by Crippen LogP contribution is 2.19. The van der Waals surface area contributed by atoms with Gasteiger partial charge in [0.1, 0.15) is 0 Å². The molecule has 0 unspecified atom stereocenters. The summed E-state index contributed by atoms with van der Waals surface area (Å²) in [5.41, 5.74) is 6.75. The molecule has 0 aliphatic heterocycles. The predicted octanol–water partition coefficient (Wildman–Crippen LogP) is 2.16. The van der Waals surface area contributed by atoms with Gasteiger partial charge in [0, 0.05) is 17.4 Å². The molecule has 0 aliphatic rings. The van der Waals surface area contributed by atoms with E-state index in [4.69, 9.17) is 10.8 Å². The van der Waals surface area contributed by atoms with Gasteiger partial charge < -0.3 is 10.8 Å². The lowest BCUT2D eigenvalue weighted by Gasteiger charge is -2.23. The molecule has 0 spiro atoms. The third-order valence-corrected chi connectivity index (χ3v) is 1.87. The molecule has 1 aromatic rings. The van der Waals surface area contributed by atoms with Gasteiger partial charge >= 0.3 is 6.09 Å². The number of nitrogens with zero attached hydrogens (tertiary/aromatic N) is 1. The summed E-state index contributed by atoms with van der Waals surface area (Å²) in [7, 11) is 0. The molecule has 1 amide bonds. The zero-order chi connectivity index (χ0) is 10.7. The number of nitrogens with two attached hydrogens (primary N) is 1. The summed E-state index contributed by atoms with van der Waals surface area (Å²) in [6.07, 6.45) is -0.967. The van der Waals surface area contributed by atoms with E-state index in [1.54, 1.807) is 24.3 Å². The minimum absolute atomic E-state index is 0.103. The lowest BCUT2D eigenvalue weighted by Crippen LogP contribution is -2.35. The summed E-state index contributed by atoms with van der Waals surface area (Å²) in [6, 6.07) is 6.74. The van der Waals surface area contributed by atoms with Gasteiger partial charge in [0.15, 0.2) is 0 Å². The number of carboxylic acid groups (broad SMARTS) is 1. The van der Waals surface area contributed by atoms with Crippen molar-refractivity contribution in [1.82, 2.24) is 0 Å². The summed E-state index contributed by atoms with van der Waals surface area (Å²) >= 11 is 0. The fourth-order valence-corrected chi connectivity index (χ4v) is 1.30. The average molecular weight is 194 g/mol. The maximum atomic E-state index is 10.9. The second-order valence-electron chi connectivity index (χ2n) is 3.34. The van der Waals surface area contributed by atoms with Crippen LogP contribution in [0.25, 0.3) is 0 Å². The van der Waals surface area contributed by atoms with Crippen LogP contribution in [0.4, 0.5) is 16.2 Å². The van der Waals surface area contributed by atoms with E-state index in [2.05, 4.69) is 0 Å². The highest BCUT2D eigenvalue weighted by atomic mass is 16.4. The van der Waals surface area contributed by atoms with Crippen molar-refractivity contribution in [3.63, 3.8) is 0 Å². The molecule has 0 saturated heterocycles. The van der Waals surface area contributed by atoms with Gasteiger partial charge in [-0.3, -0.25) is 4.90 Å². The minimum atomic E-state index is -0.967. The van der Waals surface area contributed by atoms with Crippen molar-refractivity contribution in [3.8, 4) is 0 Å². The molecule has 3 N–H and O–H groups in total. The van der Waals surface area contributed by atoms with Crippen LogP contribution in [-0.2, 0) is 0 Å². The third kappa shape index (κ3) is 2.16. The molecule has 14 heavy (non-hydrogen) atoms. The van der Waals surface area contributed by atoms with E-state index in [1.165, 1.54) is 4.90 Å². The number of nitrogen functional groups attached to an aromatic ring is 1. The largest absolute Gasteiger partial charge is 0.465 e. The fourth-order valence-electron chi connectivity index (χ4n) is 1.30. The number of anilines is 2. The van der Waals surface area contributed by atoms with Gasteiger partial charge in [-0.25, -0.2) is 4.79 Å². The molecule has 0 atom stereocenters. The second kappa shape index (κ2) is 4.00. The van der Waals surface area contributed by atoms with Crippen LogP contribution in [0.5, 0.6) is 0 Å². The average Bonchev–Trinajstić information content (AvgIpc) is 2.02. The number of benzene rings is 1. The monoisotopic (exact) mass is 194 g/mol. The number of rotatable bonds is 2. The van der Waals surface area contributed by atoms with Crippen LogP contribution in [-0.4, -0.2) is 17.2 Å². The van der Waals surface area contributed by atoms with Crippen LogP contribution >= 0.6 is 0 Å². The molecule has 0 saturated carbocycles. The lowest BCUT2D eigenvalue weighted by atomic mass is 10.2. The van der Waals surface area contributed by atoms with E-state index >= 15 is 0 Å². The van der Waals surface area contributed by atoms with Crippen molar-refractivity contribution in [2.24, 2.45) is 0 Å². The Morgan fingerprint density at radius 2 is 2.14 bits per heavy atom. The van der Waals surface area contributed by atoms with Crippen molar-refractivity contribution < 1.29 is 9.90 Å². The van der Waals surface area contributed by atoms with Crippen LogP contribution in [0.2, 0.25) is 0 Å². The van der Waals surface area contributed by atoms with Crippen LogP contribution in [0.15, 0.2) is 24.3 Å². The third-order valence-electron chi connectivity index (χ3n) is 1.87. The molecule has 0 aliphatic carbocycles. The number of carbonyl (C=O) groups is 1. The molecule has 0 radical (unpaired) electrons. The Labute approximate surface area is 82.9 Å². The van der Waals surface area contributed by atoms with E-state index in [0.717, 1.165) is 0 Å². The van der Waals surface area contributed by atoms with E-state index in [0.29, 0.717) is 11.4 Å². The molecular formula is C10H14N2O2. The Morgan fingerprint density at radius 1 is 1.50 bits per heavy atom. The Balaban J connectivity index is 3.05. The van der Waals surface area contributed by atoms with Crippen LogP contribution in [0, 0.1) is 0 Å². The van der Waals surface area contributed by atoms with E-state index < -0.39 is 6.09 Å². The maximum Gasteiger partial charge on any atom is 0.412 e. The first kappa shape index (κ1) is 10.4. The van der Waals surface area contributed by atoms with Gasteiger partial charge in [-0.2, -0.15) is 0 Å². The van der Waals surface area contributed by atoms with Crippen LogP contribution < -0.4 is 10.6 Å². The molecule has 1 aromatic carbocycles. The van der Waals surface area contributed by atoms with Gasteiger partial charge in [0.25, 0.3) is 0 Å². The lowest BCUT2D eigenvalue weighted by molar-refractivity contribution is 0.200. The summed E-state index contributed by atoms with van der Waals surface area (Å²) in [6.45, 7) is 3.63. The second-order valence-corrected chi connectivity index (χ2v) is 3.34. The molecule has 76 valence electrons. The zero-order valence-electron chi connectivity index (χ0n) is 8.27. The molecule has 0 bridgehead atoms. The Morgan fingerprint density at radius 3 is 2.57 bits per heavy atom.